The van der Waals surface area contributed by atoms with E-state index in [1.165, 1.54) is 0 Å². The molecule has 5 nitrogen and oxygen atoms in total. The van der Waals surface area contributed by atoms with Gasteiger partial charge in [-0.25, -0.2) is 0 Å². The second-order valence-corrected chi connectivity index (χ2v) is 13.1. The Morgan fingerprint density at radius 3 is 1.59 bits per heavy atom. The van der Waals surface area contributed by atoms with Crippen molar-refractivity contribution in [3.63, 3.8) is 0 Å². The van der Waals surface area contributed by atoms with Crippen molar-refractivity contribution >= 4 is 11.8 Å². The van der Waals surface area contributed by atoms with E-state index in [0.717, 1.165) is 12.8 Å². The van der Waals surface area contributed by atoms with Crippen LogP contribution in [0.5, 0.6) is 0 Å². The van der Waals surface area contributed by atoms with Crippen molar-refractivity contribution in [3.8, 4) is 0 Å². The Kier molecular flexibility index (Phi) is 9.01. The highest BCUT2D eigenvalue weighted by atomic mass is 16.2. The van der Waals surface area contributed by atoms with Gasteiger partial charge in [0.05, 0.1) is 0 Å². The van der Waals surface area contributed by atoms with Crippen LogP contribution in [0.3, 0.4) is 0 Å². The third-order valence-corrected chi connectivity index (χ3v) is 5.05. The molecular weight excluding hydrogens is 362 g/mol. The van der Waals surface area contributed by atoms with Gasteiger partial charge in [-0.05, 0) is 63.8 Å². The molecule has 0 bridgehead atoms. The van der Waals surface area contributed by atoms with E-state index >= 15 is 0 Å². The molecule has 0 heterocycles. The molecule has 29 heavy (non-hydrogen) atoms. The van der Waals surface area contributed by atoms with Gasteiger partial charge < -0.3 is 16.0 Å². The highest BCUT2D eigenvalue weighted by Gasteiger charge is 2.42. The Morgan fingerprint density at radius 2 is 1.21 bits per heavy atom. The zero-order chi connectivity index (χ0) is 23.5. The van der Waals surface area contributed by atoms with Crippen LogP contribution in [-0.4, -0.2) is 36.0 Å². The second kappa shape index (κ2) is 9.36. The lowest BCUT2D eigenvalue weighted by Crippen LogP contribution is -2.60. The fourth-order valence-electron chi connectivity index (χ4n) is 4.41. The quantitative estimate of drug-likeness (QED) is 0.517. The maximum atomic E-state index is 13.4. The number of hydrogen-bond acceptors (Lipinski definition) is 3. The molecule has 0 spiro atoms. The molecule has 0 aromatic rings. The van der Waals surface area contributed by atoms with Crippen LogP contribution in [0.15, 0.2) is 0 Å². The van der Waals surface area contributed by atoms with Crippen LogP contribution in [-0.2, 0) is 9.59 Å². The molecular formula is C24H49N3O2. The summed E-state index contributed by atoms with van der Waals surface area (Å²) in [5, 5.41) is 9.60. The molecule has 3 N–H and O–H groups in total. The van der Waals surface area contributed by atoms with E-state index in [1.807, 2.05) is 27.8 Å². The van der Waals surface area contributed by atoms with Gasteiger partial charge in [0.15, 0.2) is 0 Å². The first-order valence-corrected chi connectivity index (χ1v) is 10.9. The van der Waals surface area contributed by atoms with Crippen molar-refractivity contribution in [2.24, 2.45) is 16.2 Å². The lowest BCUT2D eigenvalue weighted by atomic mass is 9.73. The van der Waals surface area contributed by atoms with Crippen molar-refractivity contribution in [1.29, 1.82) is 0 Å². The van der Waals surface area contributed by atoms with Crippen molar-refractivity contribution in [2.45, 2.75) is 119 Å². The first-order valence-electron chi connectivity index (χ1n) is 10.9. The summed E-state index contributed by atoms with van der Waals surface area (Å²) in [5.41, 5.74) is -0.993. The maximum Gasteiger partial charge on any atom is 0.243 e. The molecule has 0 aliphatic heterocycles. The Balaban J connectivity index is 5.73. The lowest BCUT2D eigenvalue weighted by Gasteiger charge is -2.42. The Labute approximate surface area is 180 Å². The molecule has 0 aromatic carbocycles. The Bertz CT molecular complexity index is 564. The maximum absolute atomic E-state index is 13.4. The minimum absolute atomic E-state index is 0.0818. The fourth-order valence-corrected chi connectivity index (χ4v) is 4.41. The van der Waals surface area contributed by atoms with Gasteiger partial charge in [0, 0.05) is 17.5 Å². The first-order chi connectivity index (χ1) is 12.6. The van der Waals surface area contributed by atoms with Gasteiger partial charge >= 0.3 is 0 Å². The van der Waals surface area contributed by atoms with Crippen LogP contribution >= 0.6 is 0 Å². The van der Waals surface area contributed by atoms with E-state index < -0.39 is 11.5 Å². The highest BCUT2D eigenvalue weighted by molar-refractivity contribution is 5.89. The number of carbonyl (C=O) groups is 2. The number of rotatable bonds is 9. The molecule has 1 atom stereocenters. The van der Waals surface area contributed by atoms with E-state index in [1.54, 1.807) is 0 Å². The van der Waals surface area contributed by atoms with Crippen LogP contribution in [0.1, 0.15) is 102 Å². The molecule has 0 radical (unpaired) electrons. The van der Waals surface area contributed by atoms with Gasteiger partial charge in [0.25, 0.3) is 0 Å². The van der Waals surface area contributed by atoms with Crippen molar-refractivity contribution < 1.29 is 9.59 Å². The zero-order valence-corrected chi connectivity index (χ0v) is 21.5. The predicted molar refractivity (Wildman–Crippen MR) is 124 cm³/mol. The Morgan fingerprint density at radius 1 is 0.724 bits per heavy atom. The summed E-state index contributed by atoms with van der Waals surface area (Å²) in [6.45, 7) is 25.1. The van der Waals surface area contributed by atoms with Gasteiger partial charge in [-0.15, -0.1) is 0 Å². The topological polar surface area (TPSA) is 70.2 Å². The monoisotopic (exact) mass is 411 g/mol. The van der Waals surface area contributed by atoms with Gasteiger partial charge in [-0.3, -0.25) is 9.59 Å². The molecule has 0 saturated heterocycles. The van der Waals surface area contributed by atoms with E-state index in [4.69, 9.17) is 0 Å². The standard InChI is InChI=1S/C24H49N3O2/c1-20(2,3)14-17(28)26-18(22(7,8)16-23(9,10)25-13)19(29)27-24(11,12)15-21(4,5)6/h18,25H,14-16H2,1-13H3,(H,26,28)(H,27,29)/t18-/m1/s1. The molecule has 5 heteroatoms. The minimum Gasteiger partial charge on any atom is -0.349 e. The molecule has 0 unspecified atom stereocenters. The summed E-state index contributed by atoms with van der Waals surface area (Å²) in [6.07, 6.45) is 1.97. The molecule has 0 aromatic heterocycles. The average Bonchev–Trinajstić information content (AvgIpc) is 2.37. The number of carbonyl (C=O) groups excluding carboxylic acids is 2. The van der Waals surface area contributed by atoms with Gasteiger partial charge in [0.1, 0.15) is 6.04 Å². The molecule has 0 fully saturated rings. The second-order valence-electron chi connectivity index (χ2n) is 13.1. The Hall–Kier alpha value is -1.10. The summed E-state index contributed by atoms with van der Waals surface area (Å²) in [4.78, 5) is 26.2. The van der Waals surface area contributed by atoms with E-state index in [9.17, 15) is 9.59 Å². The molecule has 0 aliphatic rings. The number of hydrogen-bond donors (Lipinski definition) is 3. The van der Waals surface area contributed by atoms with Crippen molar-refractivity contribution in [2.75, 3.05) is 7.05 Å². The third kappa shape index (κ3) is 11.6. The van der Waals surface area contributed by atoms with Crippen molar-refractivity contribution in [1.82, 2.24) is 16.0 Å². The van der Waals surface area contributed by atoms with Crippen LogP contribution < -0.4 is 16.0 Å². The summed E-state index contributed by atoms with van der Waals surface area (Å²) < 4.78 is 0. The number of nitrogens with one attached hydrogen (secondary N) is 3. The zero-order valence-electron chi connectivity index (χ0n) is 21.5. The third-order valence-electron chi connectivity index (χ3n) is 5.05. The van der Waals surface area contributed by atoms with Crippen molar-refractivity contribution in [3.05, 3.63) is 0 Å². The predicted octanol–water partition coefficient (Wildman–Crippen LogP) is 4.65. The molecule has 2 amide bonds. The largest absolute Gasteiger partial charge is 0.349 e. The van der Waals surface area contributed by atoms with Gasteiger partial charge in [-0.2, -0.15) is 0 Å². The smallest absolute Gasteiger partial charge is 0.243 e. The summed E-state index contributed by atoms with van der Waals surface area (Å²) in [6, 6.07) is -0.607. The highest BCUT2D eigenvalue weighted by Crippen LogP contribution is 2.33. The van der Waals surface area contributed by atoms with Crippen LogP contribution in [0.4, 0.5) is 0 Å². The lowest BCUT2D eigenvalue weighted by molar-refractivity contribution is -0.134. The van der Waals surface area contributed by atoms with Crippen LogP contribution in [0.2, 0.25) is 0 Å². The first kappa shape index (κ1) is 27.9. The molecule has 0 aliphatic carbocycles. The van der Waals surface area contributed by atoms with E-state index in [2.05, 4.69) is 78.3 Å². The van der Waals surface area contributed by atoms with Gasteiger partial charge in [-0.1, -0.05) is 55.4 Å². The van der Waals surface area contributed by atoms with E-state index in [0.29, 0.717) is 6.42 Å². The van der Waals surface area contributed by atoms with Crippen LogP contribution in [0.25, 0.3) is 0 Å². The average molecular weight is 412 g/mol. The van der Waals surface area contributed by atoms with Gasteiger partial charge in [0.2, 0.25) is 11.8 Å². The number of amides is 2. The molecule has 0 rings (SSSR count). The van der Waals surface area contributed by atoms with E-state index in [-0.39, 0.29) is 33.7 Å². The molecule has 0 saturated carbocycles. The van der Waals surface area contributed by atoms with Crippen LogP contribution in [0, 0.1) is 16.2 Å². The summed E-state index contributed by atoms with van der Waals surface area (Å²) >= 11 is 0. The summed E-state index contributed by atoms with van der Waals surface area (Å²) in [5.74, 6) is -0.194. The SMILES string of the molecule is CNC(C)(C)CC(C)(C)[C@H](NC(=O)CC(C)(C)C)C(=O)NC(C)(C)CC(C)(C)C. The summed E-state index contributed by atoms with van der Waals surface area (Å²) in [7, 11) is 1.93. The molecule has 172 valence electrons. The minimum atomic E-state index is -0.607. The normalized spacial score (nSPS) is 15.1. The fraction of sp³-hybridized carbons (Fsp3) is 0.917.